The summed E-state index contributed by atoms with van der Waals surface area (Å²) in [5, 5.41) is 26.8. The molecule has 1 fully saturated rings. The van der Waals surface area contributed by atoms with Crippen LogP contribution in [0.15, 0.2) is 60.7 Å². The normalized spacial score (nSPS) is 13.3. The predicted molar refractivity (Wildman–Crippen MR) is 125 cm³/mol. The Kier molecular flexibility index (Phi) is 13.0. The van der Waals surface area contributed by atoms with Gasteiger partial charge in [-0.25, -0.2) is 9.59 Å². The number of para-hydroxylation sites is 2. The van der Waals surface area contributed by atoms with Crippen molar-refractivity contribution in [2.24, 2.45) is 0 Å². The molecular formula is C26H34O6. The molecule has 0 amide bonds. The summed E-state index contributed by atoms with van der Waals surface area (Å²) in [6.45, 7) is 4.29. The van der Waals surface area contributed by atoms with Crippen molar-refractivity contribution >= 4 is 11.9 Å². The fraction of sp³-hybridized carbons (Fsp3) is 0.385. The standard InChI is InChI=1S/C13H16O3.C7H6O3.C6H12/c14-12-9-5-4-8-11(12)13(15)16-10-6-2-1-3-7-10;8-6-4-2-1-3-5(6)7(9)10;1-3-5-6-4-2/h4-5,8-10,14H,1-3,6-7H2;1-4,8H,(H,9,10);5-6H,3-4H2,1-2H3/b;;6-5-. The van der Waals surface area contributed by atoms with Gasteiger partial charge in [-0.1, -0.05) is 56.7 Å². The summed E-state index contributed by atoms with van der Waals surface area (Å²) in [5.41, 5.74) is 0.190. The van der Waals surface area contributed by atoms with Gasteiger partial charge in [0.15, 0.2) is 0 Å². The van der Waals surface area contributed by atoms with Gasteiger partial charge in [-0.3, -0.25) is 0 Å². The van der Waals surface area contributed by atoms with E-state index in [1.807, 2.05) is 0 Å². The number of ether oxygens (including phenoxy) is 1. The highest BCUT2D eigenvalue weighted by Crippen LogP contribution is 2.23. The first-order valence-corrected chi connectivity index (χ1v) is 11.1. The molecule has 6 nitrogen and oxygen atoms in total. The van der Waals surface area contributed by atoms with Crippen LogP contribution in [0.4, 0.5) is 0 Å². The quantitative estimate of drug-likeness (QED) is 0.369. The molecule has 0 aliphatic heterocycles. The number of allylic oxidation sites excluding steroid dienone is 2. The number of rotatable bonds is 5. The van der Waals surface area contributed by atoms with Crippen LogP contribution in [0, 0.1) is 0 Å². The van der Waals surface area contributed by atoms with Crippen molar-refractivity contribution in [2.45, 2.75) is 64.9 Å². The highest BCUT2D eigenvalue weighted by atomic mass is 16.5. The third kappa shape index (κ3) is 10.2. The van der Waals surface area contributed by atoms with Crippen molar-refractivity contribution in [2.75, 3.05) is 0 Å². The minimum atomic E-state index is -1.11. The lowest BCUT2D eigenvalue weighted by molar-refractivity contribution is 0.0208. The molecule has 3 N–H and O–H groups in total. The summed E-state index contributed by atoms with van der Waals surface area (Å²) in [7, 11) is 0. The van der Waals surface area contributed by atoms with Crippen LogP contribution in [-0.4, -0.2) is 33.4 Å². The summed E-state index contributed by atoms with van der Waals surface area (Å²) >= 11 is 0. The van der Waals surface area contributed by atoms with Gasteiger partial charge < -0.3 is 20.1 Å². The Balaban J connectivity index is 0.000000273. The molecule has 0 atom stereocenters. The first-order valence-electron chi connectivity index (χ1n) is 11.1. The lowest BCUT2D eigenvalue weighted by Gasteiger charge is -2.21. The number of carboxylic acids is 1. The Labute approximate surface area is 190 Å². The van der Waals surface area contributed by atoms with Gasteiger partial charge in [0, 0.05) is 0 Å². The number of benzene rings is 2. The summed E-state index contributed by atoms with van der Waals surface area (Å²) < 4.78 is 5.36. The largest absolute Gasteiger partial charge is 0.507 e. The van der Waals surface area contributed by atoms with E-state index in [-0.39, 0.29) is 28.7 Å². The fourth-order valence-corrected chi connectivity index (χ4v) is 3.03. The number of aromatic carboxylic acids is 1. The summed E-state index contributed by atoms with van der Waals surface area (Å²) in [6.07, 6.45) is 12.1. The van der Waals surface area contributed by atoms with Gasteiger partial charge in [0.05, 0.1) is 0 Å². The summed E-state index contributed by atoms with van der Waals surface area (Å²) in [4.78, 5) is 22.0. The molecule has 6 heteroatoms. The fourth-order valence-electron chi connectivity index (χ4n) is 3.03. The SMILES string of the molecule is CC/C=C\CC.O=C(O)c1ccccc1O.O=C(OC1CCCCC1)c1ccccc1O. The van der Waals surface area contributed by atoms with Gasteiger partial charge in [-0.15, -0.1) is 0 Å². The summed E-state index contributed by atoms with van der Waals surface area (Å²) in [6, 6.07) is 12.3. The number of hydrogen-bond donors (Lipinski definition) is 3. The van der Waals surface area contributed by atoms with Crippen molar-refractivity contribution in [1.82, 2.24) is 0 Å². The van der Waals surface area contributed by atoms with Crippen LogP contribution in [0.2, 0.25) is 0 Å². The van der Waals surface area contributed by atoms with E-state index in [1.54, 1.807) is 30.3 Å². The van der Waals surface area contributed by atoms with Gasteiger partial charge in [0.2, 0.25) is 0 Å². The van der Waals surface area contributed by atoms with Crippen LogP contribution in [0.1, 0.15) is 79.5 Å². The molecule has 0 heterocycles. The molecule has 0 aromatic heterocycles. The lowest BCUT2D eigenvalue weighted by atomic mass is 9.98. The van der Waals surface area contributed by atoms with Gasteiger partial charge in [-0.05, 0) is 62.8 Å². The first-order chi connectivity index (χ1) is 15.4. The van der Waals surface area contributed by atoms with Gasteiger partial charge >= 0.3 is 11.9 Å². The average molecular weight is 443 g/mol. The molecule has 1 aliphatic rings. The van der Waals surface area contributed by atoms with Gasteiger partial charge in [0.1, 0.15) is 28.7 Å². The van der Waals surface area contributed by atoms with Crippen molar-refractivity contribution in [3.8, 4) is 11.5 Å². The number of aromatic hydroxyl groups is 2. The van der Waals surface area contributed by atoms with E-state index < -0.39 is 11.9 Å². The summed E-state index contributed by atoms with van der Waals surface area (Å²) in [5.74, 6) is -1.73. The molecule has 0 spiro atoms. The van der Waals surface area contributed by atoms with E-state index in [0.717, 1.165) is 25.7 Å². The van der Waals surface area contributed by atoms with E-state index in [1.165, 1.54) is 37.5 Å². The zero-order valence-electron chi connectivity index (χ0n) is 18.9. The Morgan fingerprint density at radius 2 is 1.31 bits per heavy atom. The molecule has 0 unspecified atom stereocenters. The molecule has 1 saturated carbocycles. The molecule has 2 aromatic carbocycles. The number of phenols is 2. The third-order valence-corrected chi connectivity index (χ3v) is 4.72. The van der Waals surface area contributed by atoms with Crippen LogP contribution in [0.5, 0.6) is 11.5 Å². The molecular weight excluding hydrogens is 408 g/mol. The van der Waals surface area contributed by atoms with Gasteiger partial charge in [0.25, 0.3) is 0 Å². The maximum absolute atomic E-state index is 11.8. The third-order valence-electron chi connectivity index (χ3n) is 4.72. The first kappa shape index (κ1) is 26.8. The maximum Gasteiger partial charge on any atom is 0.342 e. The van der Waals surface area contributed by atoms with Crippen LogP contribution >= 0.6 is 0 Å². The second-order valence-corrected chi connectivity index (χ2v) is 7.29. The Bertz CT molecular complexity index is 847. The number of carboxylic acid groups (broad SMARTS) is 1. The van der Waals surface area contributed by atoms with Crippen LogP contribution in [0.3, 0.4) is 0 Å². The van der Waals surface area contributed by atoms with E-state index >= 15 is 0 Å². The second-order valence-electron chi connectivity index (χ2n) is 7.29. The average Bonchev–Trinajstić information content (AvgIpc) is 2.79. The Hall–Kier alpha value is -3.28. The monoisotopic (exact) mass is 442 g/mol. The minimum absolute atomic E-state index is 0.0108. The predicted octanol–water partition coefficient (Wildman–Crippen LogP) is 6.33. The number of hydrogen-bond acceptors (Lipinski definition) is 5. The molecule has 0 bridgehead atoms. The van der Waals surface area contributed by atoms with E-state index in [0.29, 0.717) is 0 Å². The van der Waals surface area contributed by atoms with E-state index in [4.69, 9.17) is 14.9 Å². The molecule has 32 heavy (non-hydrogen) atoms. The molecule has 0 radical (unpaired) electrons. The van der Waals surface area contributed by atoms with Crippen LogP contribution in [-0.2, 0) is 4.74 Å². The number of phenolic OH excluding ortho intramolecular Hbond substituents is 1. The number of esters is 1. The topological polar surface area (TPSA) is 104 Å². The van der Waals surface area contributed by atoms with E-state index in [9.17, 15) is 14.7 Å². The smallest absolute Gasteiger partial charge is 0.342 e. The maximum atomic E-state index is 11.8. The molecule has 3 rings (SSSR count). The minimum Gasteiger partial charge on any atom is -0.507 e. The molecule has 1 aliphatic carbocycles. The molecule has 2 aromatic rings. The Morgan fingerprint density at radius 1 is 0.844 bits per heavy atom. The van der Waals surface area contributed by atoms with Gasteiger partial charge in [-0.2, -0.15) is 0 Å². The zero-order chi connectivity index (χ0) is 23.8. The van der Waals surface area contributed by atoms with Crippen molar-refractivity contribution in [1.29, 1.82) is 0 Å². The number of carbonyl (C=O) groups is 2. The second kappa shape index (κ2) is 15.5. The van der Waals surface area contributed by atoms with E-state index in [2.05, 4.69) is 26.0 Å². The molecule has 174 valence electrons. The van der Waals surface area contributed by atoms with Crippen LogP contribution in [0.25, 0.3) is 0 Å². The van der Waals surface area contributed by atoms with Crippen molar-refractivity contribution in [3.05, 3.63) is 71.8 Å². The lowest BCUT2D eigenvalue weighted by Crippen LogP contribution is -2.20. The zero-order valence-corrected chi connectivity index (χ0v) is 18.9. The van der Waals surface area contributed by atoms with Crippen LogP contribution < -0.4 is 0 Å². The van der Waals surface area contributed by atoms with Crippen molar-refractivity contribution in [3.63, 3.8) is 0 Å². The highest BCUT2D eigenvalue weighted by molar-refractivity contribution is 5.92. The molecule has 0 saturated heterocycles. The van der Waals surface area contributed by atoms with Crippen molar-refractivity contribution < 1.29 is 29.6 Å². The Morgan fingerprint density at radius 3 is 1.72 bits per heavy atom. The number of carbonyl (C=O) groups excluding carboxylic acids is 1. The highest BCUT2D eigenvalue weighted by Gasteiger charge is 2.20.